The van der Waals surface area contributed by atoms with Gasteiger partial charge in [-0.3, -0.25) is 9.59 Å². The van der Waals surface area contributed by atoms with Crippen molar-refractivity contribution in [1.82, 2.24) is 5.32 Å². The van der Waals surface area contributed by atoms with Gasteiger partial charge in [-0.2, -0.15) is 0 Å². The number of anilines is 2. The molecule has 6 nitrogen and oxygen atoms in total. The molecule has 0 aliphatic heterocycles. The highest BCUT2D eigenvalue weighted by Gasteiger charge is 2.09. The lowest BCUT2D eigenvalue weighted by molar-refractivity contribution is -0.114. The van der Waals surface area contributed by atoms with Crippen molar-refractivity contribution in [3.63, 3.8) is 0 Å². The number of carbonyl (C=O) groups excluding carboxylic acids is 2. The first-order chi connectivity index (χ1) is 13.0. The van der Waals surface area contributed by atoms with Crippen molar-refractivity contribution in [3.05, 3.63) is 66.7 Å². The zero-order valence-corrected chi connectivity index (χ0v) is 15.6. The molecule has 2 rings (SSSR count). The predicted molar refractivity (Wildman–Crippen MR) is 108 cm³/mol. The molecular weight excluding hydrogens is 342 g/mol. The van der Waals surface area contributed by atoms with Crippen LogP contribution in [0.25, 0.3) is 0 Å². The topological polar surface area (TPSA) is 79.5 Å². The van der Waals surface area contributed by atoms with Gasteiger partial charge in [0.15, 0.2) is 0 Å². The Hall–Kier alpha value is -3.28. The second kappa shape index (κ2) is 10.0. The van der Waals surface area contributed by atoms with Crippen LogP contribution in [-0.4, -0.2) is 31.0 Å². The van der Waals surface area contributed by atoms with Gasteiger partial charge in [-0.15, -0.1) is 0 Å². The average Bonchev–Trinajstić information content (AvgIpc) is 2.65. The van der Waals surface area contributed by atoms with Gasteiger partial charge in [-0.25, -0.2) is 0 Å². The van der Waals surface area contributed by atoms with Crippen LogP contribution in [0.5, 0.6) is 5.75 Å². The molecule has 6 heteroatoms. The van der Waals surface area contributed by atoms with Gasteiger partial charge in [-0.1, -0.05) is 18.7 Å². The molecule has 3 N–H and O–H groups in total. The zero-order valence-electron chi connectivity index (χ0n) is 15.6. The lowest BCUT2D eigenvalue weighted by atomic mass is 10.1. The molecule has 2 aromatic rings. The van der Waals surface area contributed by atoms with Crippen molar-refractivity contribution in [2.75, 3.05) is 23.8 Å². The highest BCUT2D eigenvalue weighted by Crippen LogP contribution is 2.16. The third kappa shape index (κ3) is 6.86. The van der Waals surface area contributed by atoms with Crippen molar-refractivity contribution in [2.45, 2.75) is 19.9 Å². The normalized spacial score (nSPS) is 10.2. The van der Waals surface area contributed by atoms with Crippen LogP contribution in [0.3, 0.4) is 0 Å². The molecule has 0 fully saturated rings. The Morgan fingerprint density at radius 2 is 1.85 bits per heavy atom. The Morgan fingerprint density at radius 1 is 1.11 bits per heavy atom. The first-order valence-corrected chi connectivity index (χ1v) is 8.76. The highest BCUT2D eigenvalue weighted by molar-refractivity contribution is 5.98. The Morgan fingerprint density at radius 3 is 2.52 bits per heavy atom. The van der Waals surface area contributed by atoms with E-state index in [1.54, 1.807) is 30.3 Å². The molecule has 2 aromatic carbocycles. The largest absolute Gasteiger partial charge is 0.490 e. The van der Waals surface area contributed by atoms with E-state index >= 15 is 0 Å². The van der Waals surface area contributed by atoms with E-state index in [1.807, 2.05) is 38.1 Å². The summed E-state index contributed by atoms with van der Waals surface area (Å²) in [4.78, 5) is 24.2. The van der Waals surface area contributed by atoms with Crippen LogP contribution in [0.4, 0.5) is 11.4 Å². The molecule has 0 aliphatic carbocycles. The van der Waals surface area contributed by atoms with E-state index in [0.29, 0.717) is 17.9 Å². The molecule has 0 unspecified atom stereocenters. The molecule has 2 amide bonds. The van der Waals surface area contributed by atoms with Gasteiger partial charge < -0.3 is 20.7 Å². The molecule has 0 aliphatic rings. The summed E-state index contributed by atoms with van der Waals surface area (Å²) in [6.45, 7) is 7.95. The van der Waals surface area contributed by atoms with Crippen molar-refractivity contribution in [2.24, 2.45) is 0 Å². The van der Waals surface area contributed by atoms with Gasteiger partial charge in [-0.05, 0) is 56.3 Å². The lowest BCUT2D eigenvalue weighted by Gasteiger charge is -2.11. The van der Waals surface area contributed by atoms with Gasteiger partial charge in [0.1, 0.15) is 12.4 Å². The monoisotopic (exact) mass is 367 g/mol. The van der Waals surface area contributed by atoms with E-state index < -0.39 is 0 Å². The first-order valence-electron chi connectivity index (χ1n) is 8.76. The zero-order chi connectivity index (χ0) is 19.6. The molecule has 142 valence electrons. The fourth-order valence-electron chi connectivity index (χ4n) is 2.30. The number of amides is 2. The summed E-state index contributed by atoms with van der Waals surface area (Å²) in [5.74, 6) is 0.364. The van der Waals surface area contributed by atoms with Crippen LogP contribution in [0.1, 0.15) is 24.2 Å². The SMILES string of the molecule is C=CCOc1ccc(NCC(=O)Nc2cccc(C(=O)NC(C)C)c2)cc1. The van der Waals surface area contributed by atoms with Crippen molar-refractivity contribution >= 4 is 23.2 Å². The summed E-state index contributed by atoms with van der Waals surface area (Å²) >= 11 is 0. The summed E-state index contributed by atoms with van der Waals surface area (Å²) in [5, 5.41) is 8.65. The van der Waals surface area contributed by atoms with E-state index in [-0.39, 0.29) is 24.4 Å². The molecule has 0 atom stereocenters. The Labute approximate surface area is 159 Å². The van der Waals surface area contributed by atoms with E-state index in [4.69, 9.17) is 4.74 Å². The molecule has 0 bridgehead atoms. The van der Waals surface area contributed by atoms with E-state index in [2.05, 4.69) is 22.5 Å². The predicted octanol–water partition coefficient (Wildman–Crippen LogP) is 3.44. The fourth-order valence-corrected chi connectivity index (χ4v) is 2.30. The van der Waals surface area contributed by atoms with Gasteiger partial charge >= 0.3 is 0 Å². The van der Waals surface area contributed by atoms with Gasteiger partial charge in [0.05, 0.1) is 6.54 Å². The second-order valence-electron chi connectivity index (χ2n) is 6.23. The van der Waals surface area contributed by atoms with Crippen LogP contribution in [0, 0.1) is 0 Å². The maximum absolute atomic E-state index is 12.1. The maximum atomic E-state index is 12.1. The number of hydrogen-bond acceptors (Lipinski definition) is 4. The summed E-state index contributed by atoms with van der Waals surface area (Å²) in [7, 11) is 0. The molecule has 0 spiro atoms. The number of rotatable bonds is 9. The summed E-state index contributed by atoms with van der Waals surface area (Å²) in [6.07, 6.45) is 1.68. The van der Waals surface area contributed by atoms with Crippen LogP contribution >= 0.6 is 0 Å². The van der Waals surface area contributed by atoms with Gasteiger partial charge in [0.25, 0.3) is 5.91 Å². The number of nitrogens with one attached hydrogen (secondary N) is 3. The molecule has 0 heterocycles. The van der Waals surface area contributed by atoms with Gasteiger partial charge in [0.2, 0.25) is 5.91 Å². The molecule has 27 heavy (non-hydrogen) atoms. The van der Waals surface area contributed by atoms with Gasteiger partial charge in [0, 0.05) is 23.0 Å². The Bertz CT molecular complexity index is 786. The standard InChI is InChI=1S/C21H25N3O3/c1-4-12-27-19-10-8-17(9-11-19)22-14-20(25)24-18-7-5-6-16(13-18)21(26)23-15(2)3/h4-11,13,15,22H,1,12,14H2,2-3H3,(H,23,26)(H,24,25). The summed E-state index contributed by atoms with van der Waals surface area (Å²) < 4.78 is 5.41. The molecule has 0 radical (unpaired) electrons. The van der Waals surface area contributed by atoms with E-state index in [0.717, 1.165) is 11.4 Å². The summed E-state index contributed by atoms with van der Waals surface area (Å²) in [6, 6.07) is 14.2. The Balaban J connectivity index is 1.86. The average molecular weight is 367 g/mol. The third-order valence-electron chi connectivity index (χ3n) is 3.50. The fraction of sp³-hybridized carbons (Fsp3) is 0.238. The number of hydrogen-bond donors (Lipinski definition) is 3. The number of carbonyl (C=O) groups is 2. The van der Waals surface area contributed by atoms with Crippen LogP contribution < -0.4 is 20.7 Å². The van der Waals surface area contributed by atoms with Crippen LogP contribution in [-0.2, 0) is 4.79 Å². The van der Waals surface area contributed by atoms with E-state index in [9.17, 15) is 9.59 Å². The first kappa shape index (κ1) is 20.0. The van der Waals surface area contributed by atoms with Crippen LogP contribution in [0.15, 0.2) is 61.2 Å². The van der Waals surface area contributed by atoms with Crippen molar-refractivity contribution in [3.8, 4) is 5.75 Å². The quantitative estimate of drug-likeness (QED) is 0.593. The highest BCUT2D eigenvalue weighted by atomic mass is 16.5. The third-order valence-corrected chi connectivity index (χ3v) is 3.50. The second-order valence-corrected chi connectivity index (χ2v) is 6.23. The molecular formula is C21H25N3O3. The van der Waals surface area contributed by atoms with E-state index in [1.165, 1.54) is 0 Å². The smallest absolute Gasteiger partial charge is 0.251 e. The number of ether oxygens (including phenoxy) is 1. The molecule has 0 saturated heterocycles. The minimum atomic E-state index is -0.205. The van der Waals surface area contributed by atoms with Crippen LogP contribution in [0.2, 0.25) is 0 Å². The lowest BCUT2D eigenvalue weighted by Crippen LogP contribution is -2.30. The number of benzene rings is 2. The van der Waals surface area contributed by atoms with Crippen molar-refractivity contribution in [1.29, 1.82) is 0 Å². The maximum Gasteiger partial charge on any atom is 0.251 e. The molecule has 0 aromatic heterocycles. The minimum Gasteiger partial charge on any atom is -0.490 e. The minimum absolute atomic E-state index is 0.0495. The summed E-state index contributed by atoms with van der Waals surface area (Å²) in [5.41, 5.74) is 1.89. The molecule has 0 saturated carbocycles. The van der Waals surface area contributed by atoms with Crippen molar-refractivity contribution < 1.29 is 14.3 Å². The Kier molecular flexibility index (Phi) is 7.43.